The summed E-state index contributed by atoms with van der Waals surface area (Å²) in [5.41, 5.74) is -0.143. The van der Waals surface area contributed by atoms with Crippen molar-refractivity contribution >= 4 is 5.91 Å². The summed E-state index contributed by atoms with van der Waals surface area (Å²) in [6, 6.07) is 0. The van der Waals surface area contributed by atoms with Gasteiger partial charge in [-0.2, -0.15) is 23.4 Å². The maximum absolute atomic E-state index is 12.3. The van der Waals surface area contributed by atoms with E-state index in [1.54, 1.807) is 0 Å². The molecule has 9 heteroatoms. The van der Waals surface area contributed by atoms with Crippen LogP contribution < -0.4 is 5.32 Å². The van der Waals surface area contributed by atoms with Crippen molar-refractivity contribution in [2.75, 3.05) is 0 Å². The first-order chi connectivity index (χ1) is 10.8. The van der Waals surface area contributed by atoms with E-state index in [0.29, 0.717) is 24.8 Å². The van der Waals surface area contributed by atoms with Gasteiger partial charge in [-0.25, -0.2) is 9.97 Å². The summed E-state index contributed by atoms with van der Waals surface area (Å²) in [7, 11) is 0. The first-order valence-electron chi connectivity index (χ1n) is 6.87. The summed E-state index contributed by atoms with van der Waals surface area (Å²) in [4.78, 5) is 18.2. The third-order valence-electron chi connectivity index (χ3n) is 3.25. The number of carbonyl (C=O) groups excluding carboxylic acids is 1. The summed E-state index contributed by atoms with van der Waals surface area (Å²) in [6.45, 7) is 0.0581. The van der Waals surface area contributed by atoms with Crippen LogP contribution >= 0.6 is 0 Å². The molecule has 1 N–H and O–H groups in total. The van der Waals surface area contributed by atoms with Crippen molar-refractivity contribution in [3.8, 4) is 12.3 Å². The average Bonchev–Trinajstić information content (AvgIpc) is 3.29. The Bertz CT molecular complexity index is 627. The maximum Gasteiger partial charge on any atom is 0.451 e. The van der Waals surface area contributed by atoms with Gasteiger partial charge >= 0.3 is 6.18 Å². The van der Waals surface area contributed by atoms with Gasteiger partial charge in [0.05, 0.1) is 0 Å². The highest BCUT2D eigenvalue weighted by molar-refractivity contribution is 5.75. The zero-order valence-corrected chi connectivity index (χ0v) is 12.1. The van der Waals surface area contributed by atoms with Gasteiger partial charge < -0.3 is 5.32 Å². The molecule has 122 valence electrons. The highest BCUT2D eigenvalue weighted by Crippen LogP contribution is 2.37. The Balaban J connectivity index is 1.73. The molecule has 1 aliphatic rings. The van der Waals surface area contributed by atoms with Crippen LogP contribution in [-0.4, -0.2) is 21.5 Å². The molecule has 0 spiro atoms. The fourth-order valence-electron chi connectivity index (χ4n) is 1.86. The largest absolute Gasteiger partial charge is 0.451 e. The first-order valence-corrected chi connectivity index (χ1v) is 6.87. The Labute approximate surface area is 130 Å². The number of rotatable bonds is 7. The Morgan fingerprint density at radius 3 is 2.43 bits per heavy atom. The van der Waals surface area contributed by atoms with E-state index in [0.717, 1.165) is 12.4 Å². The molecule has 0 unspecified atom stereocenters. The number of alkyl halides is 3. The molecule has 23 heavy (non-hydrogen) atoms. The van der Waals surface area contributed by atoms with E-state index < -0.39 is 17.7 Å². The van der Waals surface area contributed by atoms with Crippen molar-refractivity contribution in [1.82, 2.24) is 15.3 Å². The van der Waals surface area contributed by atoms with Crippen LogP contribution in [-0.2, 0) is 17.5 Å². The summed E-state index contributed by atoms with van der Waals surface area (Å²) in [6.07, 6.45) is 4.50. The Morgan fingerprint density at radius 1 is 1.26 bits per heavy atom. The van der Waals surface area contributed by atoms with Crippen molar-refractivity contribution < 1.29 is 18.0 Å². The molecule has 2 rings (SSSR count). The second kappa shape index (κ2) is 6.73. The second-order valence-electron chi connectivity index (χ2n) is 5.08. The smallest absolute Gasteiger partial charge is 0.352 e. The SMILES string of the molecule is C#CCCC1(CCC(=O)NCc2cnc(C(F)(F)F)nc2)N=N1. The molecule has 1 aromatic rings. The van der Waals surface area contributed by atoms with E-state index in [4.69, 9.17) is 6.42 Å². The molecule has 0 bridgehead atoms. The minimum atomic E-state index is -4.58. The minimum Gasteiger partial charge on any atom is -0.352 e. The van der Waals surface area contributed by atoms with Crippen LogP contribution in [0.15, 0.2) is 22.6 Å². The molecule has 0 saturated carbocycles. The average molecular weight is 325 g/mol. The Kier molecular flexibility index (Phi) is 4.93. The molecular weight excluding hydrogens is 311 g/mol. The molecule has 0 saturated heterocycles. The molecular formula is C14H14F3N5O. The van der Waals surface area contributed by atoms with Gasteiger partial charge in [0, 0.05) is 50.2 Å². The molecule has 1 aromatic heterocycles. The van der Waals surface area contributed by atoms with E-state index in [-0.39, 0.29) is 18.9 Å². The van der Waals surface area contributed by atoms with Crippen molar-refractivity contribution in [3.05, 3.63) is 23.8 Å². The summed E-state index contributed by atoms with van der Waals surface area (Å²) >= 11 is 0. The standard InChI is InChI=1S/C14H14F3N5O/c1-2-3-5-13(21-22-13)6-4-11(23)18-7-10-8-19-12(20-9-10)14(15,16)17/h1,8-9H,3-7H2,(H,18,23). The topological polar surface area (TPSA) is 79.6 Å². The summed E-state index contributed by atoms with van der Waals surface area (Å²) < 4.78 is 36.9. The van der Waals surface area contributed by atoms with Crippen LogP contribution in [0.25, 0.3) is 0 Å². The fraction of sp³-hybridized carbons (Fsp3) is 0.500. The lowest BCUT2D eigenvalue weighted by atomic mass is 10.0. The fourth-order valence-corrected chi connectivity index (χ4v) is 1.86. The van der Waals surface area contributed by atoms with Gasteiger partial charge in [-0.1, -0.05) is 0 Å². The number of hydrogen-bond acceptors (Lipinski definition) is 5. The lowest BCUT2D eigenvalue weighted by molar-refractivity contribution is -0.145. The molecule has 0 aromatic carbocycles. The number of nitrogens with one attached hydrogen (secondary N) is 1. The van der Waals surface area contributed by atoms with Crippen LogP contribution in [0.2, 0.25) is 0 Å². The number of carbonyl (C=O) groups is 1. The highest BCUT2D eigenvalue weighted by Gasteiger charge is 2.39. The van der Waals surface area contributed by atoms with Gasteiger partial charge in [-0.05, 0) is 0 Å². The van der Waals surface area contributed by atoms with Crippen molar-refractivity contribution in [3.63, 3.8) is 0 Å². The zero-order valence-electron chi connectivity index (χ0n) is 12.1. The lowest BCUT2D eigenvalue weighted by Crippen LogP contribution is -2.25. The second-order valence-corrected chi connectivity index (χ2v) is 5.08. The predicted molar refractivity (Wildman–Crippen MR) is 73.8 cm³/mol. The van der Waals surface area contributed by atoms with E-state index in [1.807, 2.05) is 0 Å². The van der Waals surface area contributed by atoms with Gasteiger partial charge in [0.25, 0.3) is 0 Å². The Hall–Kier alpha value is -2.50. The van der Waals surface area contributed by atoms with Crippen molar-refractivity contribution in [2.24, 2.45) is 10.2 Å². The summed E-state index contributed by atoms with van der Waals surface area (Å²) in [5, 5.41) is 10.4. The van der Waals surface area contributed by atoms with Crippen LogP contribution in [0.3, 0.4) is 0 Å². The van der Waals surface area contributed by atoms with E-state index in [2.05, 4.69) is 31.4 Å². The number of terminal acetylenes is 1. The van der Waals surface area contributed by atoms with Gasteiger partial charge in [-0.15, -0.1) is 12.3 Å². The zero-order chi connectivity index (χ0) is 16.9. The number of hydrogen-bond donors (Lipinski definition) is 1. The van der Waals surface area contributed by atoms with Crippen molar-refractivity contribution in [2.45, 2.75) is 44.1 Å². The van der Waals surface area contributed by atoms with Gasteiger partial charge in [0.2, 0.25) is 11.7 Å². The molecule has 1 aliphatic heterocycles. The van der Waals surface area contributed by atoms with Gasteiger partial charge in [0.1, 0.15) is 0 Å². The van der Waals surface area contributed by atoms with Gasteiger partial charge in [-0.3, -0.25) is 4.79 Å². The quantitative estimate of drug-likeness (QED) is 0.782. The number of aromatic nitrogens is 2. The van der Waals surface area contributed by atoms with Crippen LogP contribution in [0.1, 0.15) is 37.1 Å². The predicted octanol–water partition coefficient (Wildman–Crippen LogP) is 2.47. The molecule has 1 amide bonds. The third-order valence-corrected chi connectivity index (χ3v) is 3.25. The normalized spacial score (nSPS) is 15.0. The van der Waals surface area contributed by atoms with Gasteiger partial charge in [0.15, 0.2) is 5.66 Å². The molecule has 0 atom stereocenters. The minimum absolute atomic E-state index is 0.0581. The first kappa shape index (κ1) is 16.9. The molecule has 0 fully saturated rings. The van der Waals surface area contributed by atoms with Crippen molar-refractivity contribution in [1.29, 1.82) is 0 Å². The third kappa shape index (κ3) is 5.02. The van der Waals surface area contributed by atoms with E-state index >= 15 is 0 Å². The maximum atomic E-state index is 12.3. The highest BCUT2D eigenvalue weighted by atomic mass is 19.4. The van der Waals surface area contributed by atoms with E-state index in [1.165, 1.54) is 0 Å². The number of amides is 1. The van der Waals surface area contributed by atoms with E-state index in [9.17, 15) is 18.0 Å². The van der Waals surface area contributed by atoms with Crippen LogP contribution in [0.5, 0.6) is 0 Å². The molecule has 0 aliphatic carbocycles. The monoisotopic (exact) mass is 325 g/mol. The number of nitrogens with zero attached hydrogens (tertiary/aromatic N) is 4. The summed E-state index contributed by atoms with van der Waals surface area (Å²) in [5.74, 6) is 1.04. The molecule has 0 radical (unpaired) electrons. The molecule has 2 heterocycles. The van der Waals surface area contributed by atoms with Crippen LogP contribution in [0, 0.1) is 12.3 Å². The Morgan fingerprint density at radius 2 is 1.91 bits per heavy atom. The molecule has 6 nitrogen and oxygen atoms in total. The number of halogens is 3. The van der Waals surface area contributed by atoms with Crippen LogP contribution in [0.4, 0.5) is 13.2 Å². The lowest BCUT2D eigenvalue weighted by Gasteiger charge is -2.09.